The van der Waals surface area contributed by atoms with Gasteiger partial charge >= 0.3 is 0 Å². The van der Waals surface area contributed by atoms with Crippen molar-refractivity contribution in [2.45, 2.75) is 6.92 Å². The first-order valence-electron chi connectivity index (χ1n) is 5.03. The van der Waals surface area contributed by atoms with Crippen molar-refractivity contribution < 1.29 is 0 Å². The SMILES string of the molecule is Cc1cc(N)ncc1/C(C=NCCN)=C/N. The van der Waals surface area contributed by atoms with Crippen LogP contribution in [0.4, 0.5) is 5.82 Å². The van der Waals surface area contributed by atoms with Gasteiger partial charge in [0.25, 0.3) is 0 Å². The lowest BCUT2D eigenvalue weighted by Crippen LogP contribution is -2.03. The normalized spacial score (nSPS) is 12.2. The molecule has 0 saturated heterocycles. The van der Waals surface area contributed by atoms with E-state index in [4.69, 9.17) is 17.2 Å². The van der Waals surface area contributed by atoms with Crippen LogP contribution in [0.1, 0.15) is 11.1 Å². The maximum Gasteiger partial charge on any atom is 0.123 e. The minimum atomic E-state index is 0.497. The molecule has 0 bridgehead atoms. The van der Waals surface area contributed by atoms with E-state index >= 15 is 0 Å². The molecule has 16 heavy (non-hydrogen) atoms. The van der Waals surface area contributed by atoms with Crippen molar-refractivity contribution in [1.82, 2.24) is 4.98 Å². The van der Waals surface area contributed by atoms with Gasteiger partial charge in [-0.05, 0) is 18.6 Å². The molecule has 0 amide bonds. The van der Waals surface area contributed by atoms with Crippen molar-refractivity contribution >= 4 is 17.6 Å². The fourth-order valence-corrected chi connectivity index (χ4v) is 1.32. The summed E-state index contributed by atoms with van der Waals surface area (Å²) < 4.78 is 0. The molecule has 0 aliphatic rings. The fraction of sp³-hybridized carbons (Fsp3) is 0.273. The van der Waals surface area contributed by atoms with Crippen molar-refractivity contribution in [1.29, 1.82) is 0 Å². The number of aromatic nitrogens is 1. The second-order valence-electron chi connectivity index (χ2n) is 3.37. The first-order valence-corrected chi connectivity index (χ1v) is 5.03. The topological polar surface area (TPSA) is 103 Å². The first kappa shape index (κ1) is 12.2. The molecule has 5 nitrogen and oxygen atoms in total. The molecule has 0 unspecified atom stereocenters. The Morgan fingerprint density at radius 1 is 1.56 bits per heavy atom. The van der Waals surface area contributed by atoms with E-state index in [0.29, 0.717) is 18.9 Å². The molecule has 0 aromatic carbocycles. The molecule has 86 valence electrons. The van der Waals surface area contributed by atoms with Crippen molar-refractivity contribution in [3.63, 3.8) is 0 Å². The molecule has 0 fully saturated rings. The highest BCUT2D eigenvalue weighted by molar-refractivity contribution is 6.10. The molecule has 1 aromatic rings. The smallest absolute Gasteiger partial charge is 0.123 e. The second-order valence-corrected chi connectivity index (χ2v) is 3.37. The standard InChI is InChI=1S/C11H17N5/c1-8-4-11(14)16-7-10(8)9(5-13)6-15-3-2-12/h4-7H,2-3,12-13H2,1H3,(H2,14,16)/b9-5+,15-6?. The van der Waals surface area contributed by atoms with Gasteiger partial charge in [0, 0.05) is 36.3 Å². The third kappa shape index (κ3) is 3.06. The predicted molar refractivity (Wildman–Crippen MR) is 68.0 cm³/mol. The lowest BCUT2D eigenvalue weighted by atomic mass is 10.0. The number of pyridine rings is 1. The molecule has 0 atom stereocenters. The molecule has 0 aliphatic carbocycles. The number of anilines is 1. The number of nitrogen functional groups attached to an aromatic ring is 1. The van der Waals surface area contributed by atoms with Gasteiger partial charge in [-0.15, -0.1) is 0 Å². The van der Waals surface area contributed by atoms with Crippen LogP contribution in [0.15, 0.2) is 23.5 Å². The van der Waals surface area contributed by atoms with Crippen LogP contribution >= 0.6 is 0 Å². The zero-order valence-electron chi connectivity index (χ0n) is 9.35. The van der Waals surface area contributed by atoms with Crippen molar-refractivity contribution in [2.24, 2.45) is 16.5 Å². The Morgan fingerprint density at radius 2 is 2.31 bits per heavy atom. The summed E-state index contributed by atoms with van der Waals surface area (Å²) in [5.41, 5.74) is 19.2. The van der Waals surface area contributed by atoms with E-state index in [1.165, 1.54) is 6.20 Å². The Labute approximate surface area is 95.1 Å². The summed E-state index contributed by atoms with van der Waals surface area (Å²) in [6.45, 7) is 3.06. The van der Waals surface area contributed by atoms with Gasteiger partial charge in [-0.25, -0.2) is 4.98 Å². The summed E-state index contributed by atoms with van der Waals surface area (Å²) >= 11 is 0. The van der Waals surface area contributed by atoms with Crippen LogP contribution in [0, 0.1) is 6.92 Å². The first-order chi connectivity index (χ1) is 7.69. The summed E-state index contributed by atoms with van der Waals surface area (Å²) in [5.74, 6) is 0.497. The molecule has 0 saturated carbocycles. The van der Waals surface area contributed by atoms with Gasteiger partial charge in [0.05, 0.1) is 6.54 Å². The highest BCUT2D eigenvalue weighted by Gasteiger charge is 2.03. The fourth-order valence-electron chi connectivity index (χ4n) is 1.32. The average molecular weight is 219 g/mol. The quantitative estimate of drug-likeness (QED) is 0.633. The molecule has 0 spiro atoms. The Kier molecular flexibility index (Phi) is 4.47. The van der Waals surface area contributed by atoms with Gasteiger partial charge < -0.3 is 17.2 Å². The minimum Gasteiger partial charge on any atom is -0.404 e. The lowest BCUT2D eigenvalue weighted by molar-refractivity contribution is 0.981. The maximum atomic E-state index is 5.58. The molecule has 0 radical (unpaired) electrons. The van der Waals surface area contributed by atoms with Gasteiger partial charge in [0.15, 0.2) is 0 Å². The Morgan fingerprint density at radius 3 is 2.88 bits per heavy atom. The van der Waals surface area contributed by atoms with Gasteiger partial charge in [0.2, 0.25) is 0 Å². The largest absolute Gasteiger partial charge is 0.404 e. The molecule has 1 rings (SSSR count). The van der Waals surface area contributed by atoms with Crippen molar-refractivity contribution in [3.05, 3.63) is 29.6 Å². The minimum absolute atomic E-state index is 0.497. The van der Waals surface area contributed by atoms with E-state index in [0.717, 1.165) is 16.7 Å². The molecular weight excluding hydrogens is 202 g/mol. The number of nitrogens with two attached hydrogens (primary N) is 3. The monoisotopic (exact) mass is 219 g/mol. The summed E-state index contributed by atoms with van der Waals surface area (Å²) in [6.07, 6.45) is 4.89. The average Bonchev–Trinajstić information content (AvgIpc) is 2.26. The Bertz CT molecular complexity index is 409. The molecule has 6 N–H and O–H groups in total. The second kappa shape index (κ2) is 5.87. The summed E-state index contributed by atoms with van der Waals surface area (Å²) in [4.78, 5) is 8.18. The summed E-state index contributed by atoms with van der Waals surface area (Å²) in [5, 5.41) is 0. The van der Waals surface area contributed by atoms with E-state index in [1.54, 1.807) is 18.5 Å². The number of allylic oxidation sites excluding steroid dienone is 1. The number of aliphatic imine (C=N–C) groups is 1. The Balaban J connectivity index is 2.96. The van der Waals surface area contributed by atoms with Gasteiger partial charge in [-0.1, -0.05) is 0 Å². The number of nitrogens with zero attached hydrogens (tertiary/aromatic N) is 2. The van der Waals surface area contributed by atoms with Crippen LogP contribution < -0.4 is 17.2 Å². The zero-order valence-corrected chi connectivity index (χ0v) is 9.35. The Hall–Kier alpha value is -1.88. The third-order valence-corrected chi connectivity index (χ3v) is 2.11. The van der Waals surface area contributed by atoms with Crippen LogP contribution in [-0.2, 0) is 0 Å². The van der Waals surface area contributed by atoms with Crippen LogP contribution in [0.25, 0.3) is 5.57 Å². The van der Waals surface area contributed by atoms with E-state index in [1.807, 2.05) is 6.92 Å². The summed E-state index contributed by atoms with van der Waals surface area (Å²) in [7, 11) is 0. The van der Waals surface area contributed by atoms with E-state index < -0.39 is 0 Å². The number of hydrogen-bond acceptors (Lipinski definition) is 5. The van der Waals surface area contributed by atoms with Crippen LogP contribution in [0.5, 0.6) is 0 Å². The zero-order chi connectivity index (χ0) is 12.0. The van der Waals surface area contributed by atoms with E-state index in [9.17, 15) is 0 Å². The van der Waals surface area contributed by atoms with Crippen molar-refractivity contribution in [3.8, 4) is 0 Å². The van der Waals surface area contributed by atoms with Gasteiger partial charge in [-0.2, -0.15) is 0 Å². The van der Waals surface area contributed by atoms with Crippen LogP contribution in [0.2, 0.25) is 0 Å². The van der Waals surface area contributed by atoms with Gasteiger partial charge in [0.1, 0.15) is 5.82 Å². The van der Waals surface area contributed by atoms with E-state index in [2.05, 4.69) is 9.98 Å². The van der Waals surface area contributed by atoms with E-state index in [-0.39, 0.29) is 0 Å². The van der Waals surface area contributed by atoms with Gasteiger partial charge in [-0.3, -0.25) is 4.99 Å². The molecule has 0 aliphatic heterocycles. The number of hydrogen-bond donors (Lipinski definition) is 3. The molecular formula is C11H17N5. The predicted octanol–water partition coefficient (Wildman–Crippen LogP) is 0.301. The van der Waals surface area contributed by atoms with Crippen LogP contribution in [0.3, 0.4) is 0 Å². The lowest BCUT2D eigenvalue weighted by Gasteiger charge is -2.05. The number of aryl methyl sites for hydroxylation is 1. The summed E-state index contributed by atoms with van der Waals surface area (Å²) in [6, 6.07) is 1.80. The highest BCUT2D eigenvalue weighted by Crippen LogP contribution is 2.17. The molecule has 5 heteroatoms. The van der Waals surface area contributed by atoms with Crippen LogP contribution in [-0.4, -0.2) is 24.3 Å². The third-order valence-electron chi connectivity index (χ3n) is 2.11. The highest BCUT2D eigenvalue weighted by atomic mass is 14.8. The molecule has 1 aromatic heterocycles. The van der Waals surface area contributed by atoms with Crippen molar-refractivity contribution in [2.75, 3.05) is 18.8 Å². The number of rotatable bonds is 4. The molecule has 1 heterocycles. The maximum absolute atomic E-state index is 5.58.